The van der Waals surface area contributed by atoms with Crippen LogP contribution in [-0.2, 0) is 21.2 Å². The summed E-state index contributed by atoms with van der Waals surface area (Å²) in [6.07, 6.45) is 2.52. The van der Waals surface area contributed by atoms with Crippen LogP contribution in [0.1, 0.15) is 5.56 Å². The van der Waals surface area contributed by atoms with Crippen molar-refractivity contribution in [1.82, 2.24) is 9.62 Å². The molecule has 122 valence electrons. The van der Waals surface area contributed by atoms with Crippen molar-refractivity contribution in [3.63, 3.8) is 0 Å². The summed E-state index contributed by atoms with van der Waals surface area (Å²) in [5, 5.41) is 0. The summed E-state index contributed by atoms with van der Waals surface area (Å²) in [7, 11) is -3.12. The van der Waals surface area contributed by atoms with E-state index in [2.05, 4.69) is 33.9 Å². The number of hydrogen-bond acceptors (Lipinski definition) is 4. The van der Waals surface area contributed by atoms with Crippen molar-refractivity contribution in [2.45, 2.75) is 12.5 Å². The lowest BCUT2D eigenvalue weighted by molar-refractivity contribution is 0.0955. The Morgan fingerprint density at radius 1 is 1.27 bits per heavy atom. The fourth-order valence-electron chi connectivity index (χ4n) is 3.46. The highest BCUT2D eigenvalue weighted by Crippen LogP contribution is 2.33. The average Bonchev–Trinajstić information content (AvgIpc) is 3.03. The molecule has 5 nitrogen and oxygen atoms in total. The molecule has 3 rings (SSSR count). The van der Waals surface area contributed by atoms with Gasteiger partial charge in [0.1, 0.15) is 0 Å². The normalized spacial score (nSPS) is 28.9. The SMILES string of the molecule is CS(=O)(=O)NC[C@H]1CO[C@@H]2CN(CCc3ccccc3)C[C@H]12. The lowest BCUT2D eigenvalue weighted by atomic mass is 9.93. The average molecular weight is 324 g/mol. The van der Waals surface area contributed by atoms with Crippen molar-refractivity contribution in [2.75, 3.05) is 39.0 Å². The molecule has 0 unspecified atom stereocenters. The van der Waals surface area contributed by atoms with Crippen LogP contribution >= 0.6 is 0 Å². The van der Waals surface area contributed by atoms with Crippen LogP contribution in [0.25, 0.3) is 0 Å². The van der Waals surface area contributed by atoms with E-state index in [0.717, 1.165) is 26.1 Å². The first-order valence-corrected chi connectivity index (χ1v) is 9.73. The summed E-state index contributed by atoms with van der Waals surface area (Å²) in [6, 6.07) is 10.5. The fourth-order valence-corrected chi connectivity index (χ4v) is 3.98. The third kappa shape index (κ3) is 4.07. The number of rotatable bonds is 6. The van der Waals surface area contributed by atoms with E-state index >= 15 is 0 Å². The topological polar surface area (TPSA) is 58.6 Å². The van der Waals surface area contributed by atoms with Crippen molar-refractivity contribution < 1.29 is 13.2 Å². The maximum absolute atomic E-state index is 11.2. The van der Waals surface area contributed by atoms with E-state index in [1.54, 1.807) is 0 Å². The minimum absolute atomic E-state index is 0.266. The molecule has 0 bridgehead atoms. The molecular weight excluding hydrogens is 300 g/mol. The highest BCUT2D eigenvalue weighted by Gasteiger charge is 2.43. The zero-order chi connectivity index (χ0) is 15.6. The van der Waals surface area contributed by atoms with Crippen LogP contribution < -0.4 is 4.72 Å². The van der Waals surface area contributed by atoms with Crippen LogP contribution in [0.5, 0.6) is 0 Å². The van der Waals surface area contributed by atoms with Crippen LogP contribution in [-0.4, -0.2) is 58.5 Å². The number of likely N-dealkylation sites (tertiary alicyclic amines) is 1. The van der Waals surface area contributed by atoms with E-state index in [1.165, 1.54) is 11.8 Å². The second-order valence-electron chi connectivity index (χ2n) is 6.41. The lowest BCUT2D eigenvalue weighted by Crippen LogP contribution is -2.33. The Labute approximate surface area is 132 Å². The minimum atomic E-state index is -3.12. The number of hydrogen-bond donors (Lipinski definition) is 1. The largest absolute Gasteiger partial charge is 0.376 e. The van der Waals surface area contributed by atoms with Gasteiger partial charge >= 0.3 is 0 Å². The Kier molecular flexibility index (Phi) is 4.82. The maximum atomic E-state index is 11.2. The van der Waals surface area contributed by atoms with Crippen LogP contribution in [0.15, 0.2) is 30.3 Å². The van der Waals surface area contributed by atoms with Gasteiger partial charge in [0, 0.05) is 38.0 Å². The molecule has 1 aromatic carbocycles. The number of benzene rings is 1. The van der Waals surface area contributed by atoms with Crippen LogP contribution in [0.2, 0.25) is 0 Å². The van der Waals surface area contributed by atoms with Gasteiger partial charge in [-0.3, -0.25) is 0 Å². The molecule has 2 fully saturated rings. The maximum Gasteiger partial charge on any atom is 0.208 e. The van der Waals surface area contributed by atoms with Crippen LogP contribution in [0.3, 0.4) is 0 Å². The Balaban J connectivity index is 1.49. The van der Waals surface area contributed by atoms with E-state index in [9.17, 15) is 8.42 Å². The highest BCUT2D eigenvalue weighted by atomic mass is 32.2. The molecule has 0 amide bonds. The molecule has 0 radical (unpaired) electrons. The molecular formula is C16H24N2O3S. The van der Waals surface area contributed by atoms with Gasteiger partial charge < -0.3 is 9.64 Å². The minimum Gasteiger partial charge on any atom is -0.376 e. The van der Waals surface area contributed by atoms with E-state index in [0.29, 0.717) is 25.0 Å². The Morgan fingerprint density at radius 3 is 2.77 bits per heavy atom. The van der Waals surface area contributed by atoms with Crippen molar-refractivity contribution in [1.29, 1.82) is 0 Å². The summed E-state index contributed by atoms with van der Waals surface area (Å²) in [6.45, 7) is 4.17. The molecule has 0 aliphatic carbocycles. The van der Waals surface area contributed by atoms with Gasteiger partial charge in [0.15, 0.2) is 0 Å². The molecule has 3 atom stereocenters. The molecule has 2 saturated heterocycles. The summed E-state index contributed by atoms with van der Waals surface area (Å²) in [5.41, 5.74) is 1.36. The first-order valence-electron chi connectivity index (χ1n) is 7.84. The van der Waals surface area contributed by atoms with Gasteiger partial charge in [0.2, 0.25) is 10.0 Å². The summed E-state index contributed by atoms with van der Waals surface area (Å²) < 4.78 is 31.0. The van der Waals surface area contributed by atoms with Gasteiger partial charge in [-0.2, -0.15) is 0 Å². The molecule has 1 N–H and O–H groups in total. The number of fused-ring (bicyclic) bond motifs is 1. The van der Waals surface area contributed by atoms with Gasteiger partial charge in [0.25, 0.3) is 0 Å². The first-order chi connectivity index (χ1) is 10.5. The summed E-state index contributed by atoms with van der Waals surface area (Å²) >= 11 is 0. The van der Waals surface area contributed by atoms with Crippen molar-refractivity contribution in [3.8, 4) is 0 Å². The van der Waals surface area contributed by atoms with E-state index < -0.39 is 10.0 Å². The Bertz CT molecular complexity index is 591. The smallest absolute Gasteiger partial charge is 0.208 e. The molecule has 2 heterocycles. The third-order valence-corrected chi connectivity index (χ3v) is 5.37. The molecule has 1 aromatic rings. The van der Waals surface area contributed by atoms with E-state index in [-0.39, 0.29) is 6.10 Å². The van der Waals surface area contributed by atoms with Gasteiger partial charge in [-0.25, -0.2) is 13.1 Å². The fraction of sp³-hybridized carbons (Fsp3) is 0.625. The van der Waals surface area contributed by atoms with Gasteiger partial charge in [-0.1, -0.05) is 30.3 Å². The van der Waals surface area contributed by atoms with Crippen LogP contribution in [0.4, 0.5) is 0 Å². The van der Waals surface area contributed by atoms with Gasteiger partial charge in [0.05, 0.1) is 19.0 Å². The zero-order valence-corrected chi connectivity index (χ0v) is 13.8. The molecule has 0 saturated carbocycles. The van der Waals surface area contributed by atoms with E-state index in [1.807, 2.05) is 6.07 Å². The number of ether oxygens (including phenoxy) is 1. The van der Waals surface area contributed by atoms with Crippen molar-refractivity contribution in [3.05, 3.63) is 35.9 Å². The van der Waals surface area contributed by atoms with Crippen molar-refractivity contribution >= 4 is 10.0 Å². The first kappa shape index (κ1) is 15.9. The van der Waals surface area contributed by atoms with Crippen molar-refractivity contribution in [2.24, 2.45) is 11.8 Å². The second kappa shape index (κ2) is 6.66. The highest BCUT2D eigenvalue weighted by molar-refractivity contribution is 7.88. The monoisotopic (exact) mass is 324 g/mol. The number of nitrogens with one attached hydrogen (secondary N) is 1. The molecule has 2 aliphatic heterocycles. The molecule has 0 aromatic heterocycles. The molecule has 6 heteroatoms. The standard InChI is InChI=1S/C16H24N2O3S/c1-22(19,20)17-9-14-12-21-16-11-18(10-15(14)16)8-7-13-5-3-2-4-6-13/h2-6,14-17H,7-12H2,1H3/t14-,15+,16+/m0/s1. The van der Waals surface area contributed by atoms with E-state index in [4.69, 9.17) is 4.74 Å². The van der Waals surface area contributed by atoms with Gasteiger partial charge in [-0.15, -0.1) is 0 Å². The molecule has 0 spiro atoms. The Hall–Kier alpha value is -0.950. The predicted molar refractivity (Wildman–Crippen MR) is 86.2 cm³/mol. The number of sulfonamides is 1. The second-order valence-corrected chi connectivity index (χ2v) is 8.24. The molecule has 22 heavy (non-hydrogen) atoms. The molecule has 2 aliphatic rings. The summed E-state index contributed by atoms with van der Waals surface area (Å²) in [5.74, 6) is 0.742. The quantitative estimate of drug-likeness (QED) is 0.838. The predicted octanol–water partition coefficient (Wildman–Crippen LogP) is 0.725. The lowest BCUT2D eigenvalue weighted by Gasteiger charge is -2.19. The number of nitrogens with zero attached hydrogens (tertiary/aromatic N) is 1. The summed E-state index contributed by atoms with van der Waals surface area (Å²) in [4.78, 5) is 2.44. The zero-order valence-electron chi connectivity index (χ0n) is 12.9. The van der Waals surface area contributed by atoms with Crippen LogP contribution in [0, 0.1) is 11.8 Å². The Morgan fingerprint density at radius 2 is 2.05 bits per heavy atom. The third-order valence-electron chi connectivity index (χ3n) is 4.68. The van der Waals surface area contributed by atoms with Gasteiger partial charge in [-0.05, 0) is 12.0 Å².